The van der Waals surface area contributed by atoms with Crippen molar-refractivity contribution in [1.82, 2.24) is 0 Å². The molecule has 0 bridgehead atoms. The molecule has 0 fully saturated rings. The summed E-state index contributed by atoms with van der Waals surface area (Å²) in [5.41, 5.74) is 9.32. The van der Waals surface area contributed by atoms with E-state index in [-0.39, 0.29) is 0 Å². The van der Waals surface area contributed by atoms with Crippen LogP contribution in [0.25, 0.3) is 75.5 Å². The summed E-state index contributed by atoms with van der Waals surface area (Å²) < 4.78 is 8.69. The number of hydrogen-bond acceptors (Lipinski definition) is 3. The van der Waals surface area contributed by atoms with E-state index in [1.807, 2.05) is 47.7 Å². The quantitative estimate of drug-likeness (QED) is 0.229. The van der Waals surface area contributed by atoms with Gasteiger partial charge in [-0.15, -0.1) is 11.3 Å². The fraction of sp³-hybridized carbons (Fsp3) is 0. The van der Waals surface area contributed by atoms with Crippen LogP contribution in [0.15, 0.2) is 132 Å². The molecule has 0 saturated carbocycles. The number of hydrogen-bond donors (Lipinski definition) is 0. The lowest BCUT2D eigenvalue weighted by Crippen LogP contribution is -1.87. The molecule has 2 heterocycles. The van der Waals surface area contributed by atoms with Crippen molar-refractivity contribution < 1.29 is 4.42 Å². The highest BCUT2D eigenvalue weighted by atomic mass is 32.1. The highest BCUT2D eigenvalue weighted by molar-refractivity contribution is 7.25. The van der Waals surface area contributed by atoms with Gasteiger partial charge in [0.05, 0.1) is 11.6 Å². The summed E-state index contributed by atoms with van der Waals surface area (Å²) in [6, 6.07) is 46.8. The molecule has 8 rings (SSSR count). The molecule has 3 heteroatoms. The van der Waals surface area contributed by atoms with Crippen LogP contribution in [0.5, 0.6) is 0 Å². The Labute approximate surface area is 235 Å². The van der Waals surface area contributed by atoms with E-state index in [9.17, 15) is 5.26 Å². The van der Waals surface area contributed by atoms with Gasteiger partial charge in [-0.2, -0.15) is 5.26 Å². The molecule has 0 aliphatic rings. The molecule has 8 aromatic rings. The Hall–Kier alpha value is -5.17. The maximum Gasteiger partial charge on any atom is 0.135 e. The van der Waals surface area contributed by atoms with Crippen LogP contribution < -0.4 is 0 Å². The summed E-state index contributed by atoms with van der Waals surface area (Å²) in [7, 11) is 0. The Bertz CT molecular complexity index is 2280. The zero-order valence-electron chi connectivity index (χ0n) is 21.4. The van der Waals surface area contributed by atoms with Gasteiger partial charge in [-0.1, -0.05) is 66.7 Å². The minimum Gasteiger partial charge on any atom is -0.456 e. The zero-order valence-corrected chi connectivity index (χ0v) is 22.2. The first-order chi connectivity index (χ1) is 19.7. The molecule has 186 valence electrons. The molecule has 40 heavy (non-hydrogen) atoms. The Morgan fingerprint density at radius 3 is 2.02 bits per heavy atom. The SMILES string of the molecule is N#Cc1ccc(-c2cc(-c3ccc4oc5ccccc5c4c3)cc(-c3cccc4sc5ccccc5c34)c2)cc1. The molecule has 6 aromatic carbocycles. The predicted octanol–water partition coefficient (Wildman–Crippen LogP) is 10.8. The van der Waals surface area contributed by atoms with Gasteiger partial charge in [0.1, 0.15) is 11.2 Å². The molecule has 0 aliphatic heterocycles. The van der Waals surface area contributed by atoms with E-state index in [2.05, 4.69) is 97.1 Å². The highest BCUT2D eigenvalue weighted by Gasteiger charge is 2.15. The first-order valence-electron chi connectivity index (χ1n) is 13.2. The first-order valence-corrected chi connectivity index (χ1v) is 14.0. The van der Waals surface area contributed by atoms with Crippen molar-refractivity contribution in [2.24, 2.45) is 0 Å². The lowest BCUT2D eigenvalue weighted by atomic mass is 9.91. The van der Waals surface area contributed by atoms with Gasteiger partial charge in [-0.25, -0.2) is 0 Å². The minimum absolute atomic E-state index is 0.659. The van der Waals surface area contributed by atoms with Gasteiger partial charge in [0.15, 0.2) is 0 Å². The third kappa shape index (κ3) is 3.62. The van der Waals surface area contributed by atoms with E-state index < -0.39 is 0 Å². The summed E-state index contributed by atoms with van der Waals surface area (Å²) >= 11 is 1.84. The van der Waals surface area contributed by atoms with Gasteiger partial charge in [0, 0.05) is 30.9 Å². The fourth-order valence-electron chi connectivity index (χ4n) is 5.77. The molecule has 0 radical (unpaired) electrons. The molecular formula is C37H21NOS. The molecule has 0 spiro atoms. The molecular weight excluding hydrogens is 506 g/mol. The van der Waals surface area contributed by atoms with Crippen molar-refractivity contribution in [2.75, 3.05) is 0 Å². The average molecular weight is 528 g/mol. The Balaban J connectivity index is 1.39. The Morgan fingerprint density at radius 2 is 1.18 bits per heavy atom. The average Bonchev–Trinajstić information content (AvgIpc) is 3.59. The normalized spacial score (nSPS) is 11.5. The first kappa shape index (κ1) is 22.8. The van der Waals surface area contributed by atoms with E-state index in [1.165, 1.54) is 31.3 Å². The van der Waals surface area contributed by atoms with E-state index in [0.29, 0.717) is 5.56 Å². The van der Waals surface area contributed by atoms with E-state index in [1.54, 1.807) is 0 Å². The Kier molecular flexibility index (Phi) is 5.10. The number of para-hydroxylation sites is 1. The maximum absolute atomic E-state index is 9.34. The highest BCUT2D eigenvalue weighted by Crippen LogP contribution is 2.42. The van der Waals surface area contributed by atoms with Crippen LogP contribution in [0.2, 0.25) is 0 Å². The number of rotatable bonds is 3. The standard InChI is InChI=1S/C37H21NOS/c38-22-23-12-14-24(15-13-23)26-18-27(25-16-17-34-32(21-25)30-6-1-3-9-33(30)39-34)20-28(19-26)29-8-5-11-36-37(29)31-7-2-4-10-35(31)40-36/h1-21H. The second-order valence-electron chi connectivity index (χ2n) is 10.1. The van der Waals surface area contributed by atoms with Crippen molar-refractivity contribution in [3.05, 3.63) is 133 Å². The second-order valence-corrected chi connectivity index (χ2v) is 11.2. The summed E-state index contributed by atoms with van der Waals surface area (Å²) in [5, 5.41) is 14.2. The molecule has 0 atom stereocenters. The second kappa shape index (κ2) is 8.95. The summed E-state index contributed by atoms with van der Waals surface area (Å²) in [6.07, 6.45) is 0. The van der Waals surface area contributed by atoms with E-state index >= 15 is 0 Å². The monoisotopic (exact) mass is 527 g/mol. The third-order valence-electron chi connectivity index (χ3n) is 7.70. The maximum atomic E-state index is 9.34. The number of furan rings is 1. The van der Waals surface area contributed by atoms with Gasteiger partial charge < -0.3 is 4.42 Å². The number of thiophene rings is 1. The fourth-order valence-corrected chi connectivity index (χ4v) is 6.91. The molecule has 0 N–H and O–H groups in total. The Morgan fingerprint density at radius 1 is 0.500 bits per heavy atom. The van der Waals surface area contributed by atoms with Crippen LogP contribution in [0.4, 0.5) is 0 Å². The van der Waals surface area contributed by atoms with Crippen LogP contribution in [-0.4, -0.2) is 0 Å². The van der Waals surface area contributed by atoms with Crippen molar-refractivity contribution in [3.8, 4) is 39.4 Å². The van der Waals surface area contributed by atoms with Crippen LogP contribution in [0.1, 0.15) is 5.56 Å². The molecule has 0 amide bonds. The van der Waals surface area contributed by atoms with Crippen LogP contribution in [0, 0.1) is 11.3 Å². The van der Waals surface area contributed by atoms with Gasteiger partial charge in [0.25, 0.3) is 0 Å². The zero-order chi connectivity index (χ0) is 26.6. The topological polar surface area (TPSA) is 36.9 Å². The third-order valence-corrected chi connectivity index (χ3v) is 8.84. The van der Waals surface area contributed by atoms with Gasteiger partial charge in [-0.3, -0.25) is 0 Å². The van der Waals surface area contributed by atoms with E-state index in [4.69, 9.17) is 4.42 Å². The smallest absolute Gasteiger partial charge is 0.135 e. The van der Waals surface area contributed by atoms with Gasteiger partial charge in [0.2, 0.25) is 0 Å². The lowest BCUT2D eigenvalue weighted by molar-refractivity contribution is 0.669. The predicted molar refractivity (Wildman–Crippen MR) is 168 cm³/mol. The van der Waals surface area contributed by atoms with Crippen LogP contribution in [0.3, 0.4) is 0 Å². The van der Waals surface area contributed by atoms with Crippen molar-refractivity contribution >= 4 is 53.4 Å². The lowest BCUT2D eigenvalue weighted by Gasteiger charge is -2.13. The molecule has 0 saturated heterocycles. The largest absolute Gasteiger partial charge is 0.456 e. The van der Waals surface area contributed by atoms with Crippen LogP contribution in [-0.2, 0) is 0 Å². The van der Waals surface area contributed by atoms with Crippen LogP contribution >= 0.6 is 11.3 Å². The minimum atomic E-state index is 0.659. The van der Waals surface area contributed by atoms with Crippen molar-refractivity contribution in [2.45, 2.75) is 0 Å². The van der Waals surface area contributed by atoms with Crippen molar-refractivity contribution in [1.29, 1.82) is 5.26 Å². The van der Waals surface area contributed by atoms with E-state index in [0.717, 1.165) is 44.2 Å². The summed E-state index contributed by atoms with van der Waals surface area (Å²) in [6.45, 7) is 0. The van der Waals surface area contributed by atoms with Crippen molar-refractivity contribution in [3.63, 3.8) is 0 Å². The molecule has 2 nitrogen and oxygen atoms in total. The molecule has 0 unspecified atom stereocenters. The number of benzene rings is 6. The summed E-state index contributed by atoms with van der Waals surface area (Å²) in [4.78, 5) is 0. The van der Waals surface area contributed by atoms with Gasteiger partial charge >= 0.3 is 0 Å². The summed E-state index contributed by atoms with van der Waals surface area (Å²) in [5.74, 6) is 0. The number of nitriles is 1. The van der Waals surface area contributed by atoms with Gasteiger partial charge in [-0.05, 0) is 94.0 Å². The molecule has 2 aromatic heterocycles. The number of fused-ring (bicyclic) bond motifs is 6. The molecule has 0 aliphatic carbocycles. The number of nitrogens with zero attached hydrogens (tertiary/aromatic N) is 1.